The Labute approximate surface area is 132 Å². The van der Waals surface area contributed by atoms with E-state index in [0.29, 0.717) is 11.8 Å². The lowest BCUT2D eigenvalue weighted by molar-refractivity contribution is 0.426. The summed E-state index contributed by atoms with van der Waals surface area (Å²) in [5.41, 5.74) is 2.94. The van der Waals surface area contributed by atoms with Crippen molar-refractivity contribution in [1.82, 2.24) is 9.97 Å². The SMILES string of the molecule is CCCC(C)(C)c1nc(C(C)C(C)C)[nH]c1C(C)(C)CC. The van der Waals surface area contributed by atoms with Crippen LogP contribution in [0.5, 0.6) is 0 Å². The molecular weight excluding hydrogens is 256 g/mol. The van der Waals surface area contributed by atoms with Gasteiger partial charge in [0, 0.05) is 22.4 Å². The first-order valence-electron chi connectivity index (χ1n) is 8.67. The summed E-state index contributed by atoms with van der Waals surface area (Å²) >= 11 is 0. The number of aromatic amines is 1. The van der Waals surface area contributed by atoms with Gasteiger partial charge in [-0.2, -0.15) is 0 Å². The Morgan fingerprint density at radius 1 is 1.00 bits per heavy atom. The third-order valence-electron chi connectivity index (χ3n) is 5.23. The highest BCUT2D eigenvalue weighted by molar-refractivity contribution is 5.30. The van der Waals surface area contributed by atoms with Crippen LogP contribution in [0.25, 0.3) is 0 Å². The van der Waals surface area contributed by atoms with Gasteiger partial charge in [-0.1, -0.05) is 68.7 Å². The van der Waals surface area contributed by atoms with Crippen molar-refractivity contribution < 1.29 is 0 Å². The van der Waals surface area contributed by atoms with Gasteiger partial charge in [0.25, 0.3) is 0 Å². The monoisotopic (exact) mass is 292 g/mol. The van der Waals surface area contributed by atoms with Gasteiger partial charge >= 0.3 is 0 Å². The fourth-order valence-electron chi connectivity index (χ4n) is 2.82. The maximum absolute atomic E-state index is 5.08. The summed E-state index contributed by atoms with van der Waals surface area (Å²) in [4.78, 5) is 8.79. The number of nitrogens with zero attached hydrogens (tertiary/aromatic N) is 1. The molecule has 0 saturated heterocycles. The van der Waals surface area contributed by atoms with Crippen LogP contribution in [0.15, 0.2) is 0 Å². The average Bonchev–Trinajstić information content (AvgIpc) is 2.84. The second-order valence-corrected chi connectivity index (χ2v) is 8.25. The van der Waals surface area contributed by atoms with Crippen molar-refractivity contribution in [3.63, 3.8) is 0 Å². The second-order valence-electron chi connectivity index (χ2n) is 8.25. The van der Waals surface area contributed by atoms with E-state index in [4.69, 9.17) is 4.98 Å². The molecule has 0 aromatic carbocycles. The van der Waals surface area contributed by atoms with Gasteiger partial charge in [-0.3, -0.25) is 0 Å². The van der Waals surface area contributed by atoms with E-state index in [1.807, 2.05) is 0 Å². The molecule has 0 spiro atoms. The molecule has 0 aliphatic rings. The van der Waals surface area contributed by atoms with Crippen LogP contribution >= 0.6 is 0 Å². The summed E-state index contributed by atoms with van der Waals surface area (Å²) in [6.45, 7) is 20.7. The minimum atomic E-state index is 0.141. The number of rotatable bonds is 7. The second kappa shape index (κ2) is 6.54. The van der Waals surface area contributed by atoms with Crippen LogP contribution in [0.1, 0.15) is 105 Å². The van der Waals surface area contributed by atoms with Crippen molar-refractivity contribution in [3.05, 3.63) is 17.2 Å². The maximum atomic E-state index is 5.08. The molecule has 0 aliphatic heterocycles. The van der Waals surface area contributed by atoms with Crippen molar-refractivity contribution >= 4 is 0 Å². The Hall–Kier alpha value is -0.790. The minimum Gasteiger partial charge on any atom is -0.345 e. The number of hydrogen-bond donors (Lipinski definition) is 1. The van der Waals surface area contributed by atoms with Gasteiger partial charge in [0.1, 0.15) is 5.82 Å². The molecule has 0 bridgehead atoms. The molecule has 1 aromatic rings. The first-order chi connectivity index (χ1) is 9.56. The van der Waals surface area contributed by atoms with E-state index in [2.05, 4.69) is 67.3 Å². The zero-order valence-electron chi connectivity index (χ0n) is 15.7. The van der Waals surface area contributed by atoms with Crippen LogP contribution in [-0.4, -0.2) is 9.97 Å². The molecule has 0 amide bonds. The van der Waals surface area contributed by atoms with E-state index in [0.717, 1.165) is 6.42 Å². The Morgan fingerprint density at radius 3 is 2.00 bits per heavy atom. The number of H-pyrrole nitrogens is 1. The molecule has 122 valence electrons. The van der Waals surface area contributed by atoms with Gasteiger partial charge in [0.15, 0.2) is 0 Å². The summed E-state index contributed by atoms with van der Waals surface area (Å²) < 4.78 is 0. The molecule has 1 unspecified atom stereocenters. The average molecular weight is 293 g/mol. The van der Waals surface area contributed by atoms with E-state index >= 15 is 0 Å². The predicted octanol–water partition coefficient (Wildman–Crippen LogP) is 5.93. The molecule has 1 heterocycles. The zero-order valence-corrected chi connectivity index (χ0v) is 15.7. The Bertz CT molecular complexity index is 452. The molecule has 2 heteroatoms. The highest BCUT2D eigenvalue weighted by atomic mass is 15.0. The lowest BCUT2D eigenvalue weighted by Gasteiger charge is -2.29. The van der Waals surface area contributed by atoms with Crippen molar-refractivity contribution in [2.24, 2.45) is 5.92 Å². The largest absolute Gasteiger partial charge is 0.345 e. The van der Waals surface area contributed by atoms with E-state index in [-0.39, 0.29) is 10.8 Å². The maximum Gasteiger partial charge on any atom is 0.109 e. The Balaban J connectivity index is 3.39. The predicted molar refractivity (Wildman–Crippen MR) is 93.1 cm³/mol. The summed E-state index contributed by atoms with van der Waals surface area (Å²) in [7, 11) is 0. The summed E-state index contributed by atoms with van der Waals surface area (Å²) in [6, 6.07) is 0. The smallest absolute Gasteiger partial charge is 0.109 e. The van der Waals surface area contributed by atoms with E-state index in [1.54, 1.807) is 0 Å². The van der Waals surface area contributed by atoms with Crippen molar-refractivity contribution in [1.29, 1.82) is 0 Å². The van der Waals surface area contributed by atoms with E-state index in [1.165, 1.54) is 30.1 Å². The highest BCUT2D eigenvalue weighted by Crippen LogP contribution is 2.38. The van der Waals surface area contributed by atoms with Crippen LogP contribution in [-0.2, 0) is 10.8 Å². The topological polar surface area (TPSA) is 28.7 Å². The minimum absolute atomic E-state index is 0.141. The fourth-order valence-corrected chi connectivity index (χ4v) is 2.82. The van der Waals surface area contributed by atoms with Crippen LogP contribution in [0.2, 0.25) is 0 Å². The lowest BCUT2D eigenvalue weighted by atomic mass is 9.76. The van der Waals surface area contributed by atoms with Gasteiger partial charge in [-0.05, 0) is 18.8 Å². The molecule has 0 fully saturated rings. The molecule has 1 rings (SSSR count). The van der Waals surface area contributed by atoms with Gasteiger partial charge in [-0.25, -0.2) is 4.98 Å². The van der Waals surface area contributed by atoms with Crippen molar-refractivity contribution in [3.8, 4) is 0 Å². The first kappa shape index (κ1) is 18.3. The summed E-state index contributed by atoms with van der Waals surface area (Å²) in [5, 5.41) is 0. The van der Waals surface area contributed by atoms with Crippen LogP contribution in [0.4, 0.5) is 0 Å². The molecular formula is C19H36N2. The molecule has 0 saturated carbocycles. The summed E-state index contributed by atoms with van der Waals surface area (Å²) in [5.74, 6) is 2.25. The molecule has 1 N–H and O–H groups in total. The van der Waals surface area contributed by atoms with Gasteiger partial charge < -0.3 is 4.98 Å². The molecule has 1 aromatic heterocycles. The normalized spacial score (nSPS) is 14.8. The zero-order chi connectivity index (χ0) is 16.4. The quantitative estimate of drug-likeness (QED) is 0.662. The molecule has 0 aliphatic carbocycles. The third kappa shape index (κ3) is 3.90. The number of nitrogens with one attached hydrogen (secondary N) is 1. The van der Waals surface area contributed by atoms with Gasteiger partial charge in [0.05, 0.1) is 5.69 Å². The third-order valence-corrected chi connectivity index (χ3v) is 5.23. The molecule has 0 radical (unpaired) electrons. The molecule has 1 atom stereocenters. The van der Waals surface area contributed by atoms with Crippen LogP contribution in [0.3, 0.4) is 0 Å². The number of aromatic nitrogens is 2. The molecule has 21 heavy (non-hydrogen) atoms. The van der Waals surface area contributed by atoms with E-state index < -0.39 is 0 Å². The first-order valence-corrected chi connectivity index (χ1v) is 8.67. The van der Waals surface area contributed by atoms with Crippen LogP contribution < -0.4 is 0 Å². The molecule has 2 nitrogen and oxygen atoms in total. The van der Waals surface area contributed by atoms with Gasteiger partial charge in [-0.15, -0.1) is 0 Å². The summed E-state index contributed by atoms with van der Waals surface area (Å²) in [6.07, 6.45) is 3.50. The standard InChI is InChI=1S/C19H36N2/c1-10-12-19(8,9)16-15(18(6,7)11-2)20-17(21-16)14(5)13(3)4/h13-14H,10-12H2,1-9H3,(H,20,21). The van der Waals surface area contributed by atoms with E-state index in [9.17, 15) is 0 Å². The van der Waals surface area contributed by atoms with Crippen LogP contribution in [0, 0.1) is 5.92 Å². The Kier molecular flexibility index (Phi) is 5.69. The van der Waals surface area contributed by atoms with Crippen molar-refractivity contribution in [2.75, 3.05) is 0 Å². The lowest BCUT2D eigenvalue weighted by Crippen LogP contribution is -2.26. The number of hydrogen-bond acceptors (Lipinski definition) is 1. The van der Waals surface area contributed by atoms with Gasteiger partial charge in [0.2, 0.25) is 0 Å². The fraction of sp³-hybridized carbons (Fsp3) is 0.842. The van der Waals surface area contributed by atoms with Crippen molar-refractivity contribution in [2.45, 2.75) is 98.3 Å². The number of imidazole rings is 1. The highest BCUT2D eigenvalue weighted by Gasteiger charge is 2.34. The Morgan fingerprint density at radius 2 is 1.57 bits per heavy atom.